The van der Waals surface area contributed by atoms with E-state index in [1.807, 2.05) is 24.3 Å². The Labute approximate surface area is 101 Å². The maximum absolute atomic E-state index is 12.8. The van der Waals surface area contributed by atoms with Crippen LogP contribution in [0.1, 0.15) is 11.1 Å². The minimum absolute atomic E-state index is 0.246. The summed E-state index contributed by atoms with van der Waals surface area (Å²) in [6, 6.07) is 10.2. The van der Waals surface area contributed by atoms with E-state index in [-0.39, 0.29) is 5.56 Å². The number of nitrogens with one attached hydrogen (secondary N) is 1. The van der Waals surface area contributed by atoms with Gasteiger partial charge in [-0.25, -0.2) is 0 Å². The van der Waals surface area contributed by atoms with Gasteiger partial charge >= 0.3 is 6.18 Å². The summed E-state index contributed by atoms with van der Waals surface area (Å²) in [4.78, 5) is 3.06. The van der Waals surface area contributed by atoms with Crippen LogP contribution in [0.3, 0.4) is 0 Å². The highest BCUT2D eigenvalue weighted by molar-refractivity contribution is 6.08. The number of aromatic amines is 1. The topological polar surface area (TPSA) is 15.8 Å². The Hall–Kier alpha value is -1.97. The van der Waals surface area contributed by atoms with E-state index in [2.05, 4.69) is 4.98 Å². The number of benzene rings is 2. The van der Waals surface area contributed by atoms with Gasteiger partial charge in [-0.3, -0.25) is 0 Å². The first-order valence-corrected chi connectivity index (χ1v) is 5.55. The number of rotatable bonds is 0. The largest absolute Gasteiger partial charge is 0.416 e. The molecule has 1 heterocycles. The fourth-order valence-corrected chi connectivity index (χ4v) is 2.37. The number of halogens is 3. The maximum atomic E-state index is 12.8. The van der Waals surface area contributed by atoms with Crippen molar-refractivity contribution in [2.24, 2.45) is 0 Å². The van der Waals surface area contributed by atoms with Gasteiger partial charge in [0, 0.05) is 16.3 Å². The minimum Gasteiger partial charge on any atom is -0.354 e. The van der Waals surface area contributed by atoms with Crippen LogP contribution in [0.15, 0.2) is 36.4 Å². The first kappa shape index (κ1) is 11.1. The van der Waals surface area contributed by atoms with Gasteiger partial charge in [0.25, 0.3) is 0 Å². The fourth-order valence-electron chi connectivity index (χ4n) is 2.37. The second kappa shape index (κ2) is 3.51. The molecule has 18 heavy (non-hydrogen) atoms. The highest BCUT2D eigenvalue weighted by Gasteiger charge is 2.33. The molecule has 0 aliphatic rings. The van der Waals surface area contributed by atoms with Crippen LogP contribution in [0, 0.1) is 6.92 Å². The summed E-state index contributed by atoms with van der Waals surface area (Å²) in [5, 5.41) is 1.78. The molecule has 0 spiro atoms. The van der Waals surface area contributed by atoms with E-state index in [1.165, 1.54) is 13.0 Å². The summed E-state index contributed by atoms with van der Waals surface area (Å²) in [5.41, 5.74) is 1.08. The highest BCUT2D eigenvalue weighted by atomic mass is 19.4. The molecule has 2 aromatic carbocycles. The monoisotopic (exact) mass is 249 g/mol. The molecular formula is C14H10F3N. The molecule has 0 bridgehead atoms. The molecule has 92 valence electrons. The SMILES string of the molecule is Cc1c(C(F)(F)F)ccc2c1[nH]c1ccccc12. The summed E-state index contributed by atoms with van der Waals surface area (Å²) in [5.74, 6) is 0. The van der Waals surface area contributed by atoms with Gasteiger partial charge in [0.1, 0.15) is 0 Å². The highest BCUT2D eigenvalue weighted by Crippen LogP contribution is 2.36. The van der Waals surface area contributed by atoms with Crippen molar-refractivity contribution in [3.8, 4) is 0 Å². The summed E-state index contributed by atoms with van der Waals surface area (Å²) < 4.78 is 38.5. The molecule has 0 amide bonds. The zero-order chi connectivity index (χ0) is 12.9. The van der Waals surface area contributed by atoms with E-state index in [1.54, 1.807) is 0 Å². The third-order valence-electron chi connectivity index (χ3n) is 3.25. The van der Waals surface area contributed by atoms with Crippen molar-refractivity contribution in [1.82, 2.24) is 4.98 Å². The van der Waals surface area contributed by atoms with Crippen molar-refractivity contribution in [2.45, 2.75) is 13.1 Å². The number of H-pyrrole nitrogens is 1. The number of para-hydroxylation sites is 1. The van der Waals surface area contributed by atoms with Gasteiger partial charge in [0.15, 0.2) is 0 Å². The van der Waals surface area contributed by atoms with Crippen LogP contribution in [-0.2, 0) is 6.18 Å². The molecule has 0 saturated heterocycles. The lowest BCUT2D eigenvalue weighted by Gasteiger charge is -2.10. The Balaban J connectivity index is 2.43. The third-order valence-corrected chi connectivity index (χ3v) is 3.25. The van der Waals surface area contributed by atoms with Crippen LogP contribution in [0.2, 0.25) is 0 Å². The van der Waals surface area contributed by atoms with E-state index in [4.69, 9.17) is 0 Å². The van der Waals surface area contributed by atoms with Crippen molar-refractivity contribution in [1.29, 1.82) is 0 Å². The Bertz CT molecular complexity index is 738. The van der Waals surface area contributed by atoms with Gasteiger partial charge in [0.2, 0.25) is 0 Å². The van der Waals surface area contributed by atoms with E-state index in [0.717, 1.165) is 22.4 Å². The van der Waals surface area contributed by atoms with Gasteiger partial charge in [-0.15, -0.1) is 0 Å². The van der Waals surface area contributed by atoms with Gasteiger partial charge in [0.05, 0.1) is 11.1 Å². The summed E-state index contributed by atoms with van der Waals surface area (Å²) in [6.45, 7) is 1.50. The molecule has 3 rings (SSSR count). The van der Waals surface area contributed by atoms with Gasteiger partial charge in [-0.1, -0.05) is 24.3 Å². The van der Waals surface area contributed by atoms with Crippen LogP contribution in [0.25, 0.3) is 21.8 Å². The molecule has 0 aliphatic heterocycles. The standard InChI is InChI=1S/C14H10F3N/c1-8-11(14(15,16)17)7-6-10-9-4-2-3-5-12(9)18-13(8)10/h2-7,18H,1H3. The fraction of sp³-hybridized carbons (Fsp3) is 0.143. The normalized spacial score (nSPS) is 12.4. The molecule has 0 atom stereocenters. The van der Waals surface area contributed by atoms with E-state index < -0.39 is 11.7 Å². The second-order valence-electron chi connectivity index (χ2n) is 4.33. The smallest absolute Gasteiger partial charge is 0.354 e. The number of aryl methyl sites for hydroxylation is 1. The molecule has 3 aromatic rings. The molecule has 0 unspecified atom stereocenters. The number of hydrogen-bond acceptors (Lipinski definition) is 0. The Kier molecular flexibility index (Phi) is 2.17. The van der Waals surface area contributed by atoms with Gasteiger partial charge < -0.3 is 4.98 Å². The van der Waals surface area contributed by atoms with Gasteiger partial charge in [-0.05, 0) is 24.6 Å². The average Bonchev–Trinajstić information content (AvgIpc) is 2.68. The Morgan fingerprint density at radius 3 is 2.39 bits per heavy atom. The summed E-state index contributed by atoms with van der Waals surface area (Å²) in [6.07, 6.45) is -4.31. The zero-order valence-corrected chi connectivity index (χ0v) is 9.60. The van der Waals surface area contributed by atoms with E-state index in [0.29, 0.717) is 5.52 Å². The van der Waals surface area contributed by atoms with Crippen LogP contribution in [0.5, 0.6) is 0 Å². The third kappa shape index (κ3) is 1.49. The lowest BCUT2D eigenvalue weighted by Crippen LogP contribution is -2.07. The number of fused-ring (bicyclic) bond motifs is 3. The summed E-state index contributed by atoms with van der Waals surface area (Å²) in [7, 11) is 0. The molecule has 1 N–H and O–H groups in total. The van der Waals surface area contributed by atoms with Crippen LogP contribution >= 0.6 is 0 Å². The van der Waals surface area contributed by atoms with Gasteiger partial charge in [-0.2, -0.15) is 13.2 Å². The van der Waals surface area contributed by atoms with Crippen LogP contribution in [0.4, 0.5) is 13.2 Å². The average molecular weight is 249 g/mol. The molecule has 0 aliphatic carbocycles. The van der Waals surface area contributed by atoms with Crippen LogP contribution in [-0.4, -0.2) is 4.98 Å². The zero-order valence-electron chi connectivity index (χ0n) is 9.60. The van der Waals surface area contributed by atoms with E-state index in [9.17, 15) is 13.2 Å². The van der Waals surface area contributed by atoms with E-state index >= 15 is 0 Å². The molecule has 1 aromatic heterocycles. The van der Waals surface area contributed by atoms with Crippen molar-refractivity contribution >= 4 is 21.8 Å². The summed E-state index contributed by atoms with van der Waals surface area (Å²) >= 11 is 0. The Morgan fingerprint density at radius 1 is 0.944 bits per heavy atom. The van der Waals surface area contributed by atoms with Crippen molar-refractivity contribution < 1.29 is 13.2 Å². The second-order valence-corrected chi connectivity index (χ2v) is 4.33. The minimum atomic E-state index is -4.31. The maximum Gasteiger partial charge on any atom is 0.416 e. The first-order chi connectivity index (χ1) is 8.48. The number of aromatic nitrogens is 1. The van der Waals surface area contributed by atoms with Crippen LogP contribution < -0.4 is 0 Å². The predicted molar refractivity (Wildman–Crippen MR) is 65.5 cm³/mol. The molecule has 0 fully saturated rings. The quantitative estimate of drug-likeness (QED) is 0.597. The number of hydrogen-bond donors (Lipinski definition) is 1. The van der Waals surface area contributed by atoms with Crippen molar-refractivity contribution in [3.05, 3.63) is 47.5 Å². The molecule has 1 nitrogen and oxygen atoms in total. The lowest BCUT2D eigenvalue weighted by molar-refractivity contribution is -0.137. The van der Waals surface area contributed by atoms with Crippen molar-refractivity contribution in [3.63, 3.8) is 0 Å². The Morgan fingerprint density at radius 2 is 1.67 bits per heavy atom. The predicted octanol–water partition coefficient (Wildman–Crippen LogP) is 4.65. The molecular weight excluding hydrogens is 239 g/mol. The first-order valence-electron chi connectivity index (χ1n) is 5.55. The number of alkyl halides is 3. The molecule has 0 radical (unpaired) electrons. The molecule has 0 saturated carbocycles. The molecule has 4 heteroatoms. The lowest BCUT2D eigenvalue weighted by atomic mass is 10.0. The van der Waals surface area contributed by atoms with Crippen molar-refractivity contribution in [2.75, 3.05) is 0 Å².